The predicted molar refractivity (Wildman–Crippen MR) is 81.1 cm³/mol. The van der Waals surface area contributed by atoms with E-state index in [1.165, 1.54) is 0 Å². The third kappa shape index (κ3) is 4.04. The van der Waals surface area contributed by atoms with Crippen LogP contribution in [0.1, 0.15) is 37.1 Å². The molecule has 1 aliphatic rings. The Labute approximate surface area is 124 Å². The number of hydrogen-bond acceptors (Lipinski definition) is 6. The number of hydrogen-bond donors (Lipinski definition) is 3. The summed E-state index contributed by atoms with van der Waals surface area (Å²) >= 11 is 0. The second kappa shape index (κ2) is 6.71. The highest BCUT2D eigenvalue weighted by atomic mass is 16.5. The zero-order valence-electron chi connectivity index (χ0n) is 12.8. The van der Waals surface area contributed by atoms with Gasteiger partial charge in [0, 0.05) is 25.1 Å². The van der Waals surface area contributed by atoms with Crippen molar-refractivity contribution >= 4 is 17.5 Å². The summed E-state index contributed by atoms with van der Waals surface area (Å²) < 4.78 is 4.90. The molecule has 1 aromatic rings. The predicted octanol–water partition coefficient (Wildman–Crippen LogP) is 0.808. The standard InChI is InChI=1S/C14H23N5O2/c1-8-11(15)18-13(10-4-5-10)19-12(8)17-9(2)14(20)16-6-7-21-3/h9-10H,4-7H2,1-3H3,(H,16,20)(H3,15,17,18,19). The lowest BCUT2D eigenvalue weighted by Gasteiger charge is -2.17. The van der Waals surface area contributed by atoms with Crippen LogP contribution in [0.4, 0.5) is 11.6 Å². The Morgan fingerprint density at radius 1 is 1.48 bits per heavy atom. The molecule has 0 spiro atoms. The third-order valence-electron chi connectivity index (χ3n) is 3.50. The average Bonchev–Trinajstić information content (AvgIpc) is 3.28. The van der Waals surface area contributed by atoms with Gasteiger partial charge in [-0.15, -0.1) is 0 Å². The van der Waals surface area contributed by atoms with Gasteiger partial charge in [-0.1, -0.05) is 0 Å². The number of aromatic nitrogens is 2. The lowest BCUT2D eigenvalue weighted by atomic mass is 10.2. The van der Waals surface area contributed by atoms with Gasteiger partial charge in [-0.25, -0.2) is 9.97 Å². The summed E-state index contributed by atoms with van der Waals surface area (Å²) in [4.78, 5) is 20.8. The number of nitrogens with one attached hydrogen (secondary N) is 2. The van der Waals surface area contributed by atoms with Crippen molar-refractivity contribution in [3.63, 3.8) is 0 Å². The minimum atomic E-state index is -0.401. The maximum absolute atomic E-state index is 11.9. The van der Waals surface area contributed by atoms with Crippen LogP contribution in [-0.2, 0) is 9.53 Å². The highest BCUT2D eigenvalue weighted by molar-refractivity contribution is 5.84. The van der Waals surface area contributed by atoms with Crippen LogP contribution in [0, 0.1) is 6.92 Å². The van der Waals surface area contributed by atoms with Gasteiger partial charge in [0.2, 0.25) is 5.91 Å². The minimum Gasteiger partial charge on any atom is -0.383 e. The molecule has 1 fully saturated rings. The first-order chi connectivity index (χ1) is 10.0. The summed E-state index contributed by atoms with van der Waals surface area (Å²) in [6.07, 6.45) is 2.21. The number of nitrogen functional groups attached to an aromatic ring is 1. The number of carbonyl (C=O) groups is 1. The molecule has 0 radical (unpaired) electrons. The fourth-order valence-electron chi connectivity index (χ4n) is 1.92. The molecule has 0 bridgehead atoms. The topological polar surface area (TPSA) is 102 Å². The number of rotatable bonds is 7. The first-order valence-corrected chi connectivity index (χ1v) is 7.20. The lowest BCUT2D eigenvalue weighted by molar-refractivity contribution is -0.121. The summed E-state index contributed by atoms with van der Waals surface area (Å²) in [5, 5.41) is 5.90. The van der Waals surface area contributed by atoms with Crippen LogP contribution in [0.15, 0.2) is 0 Å². The van der Waals surface area contributed by atoms with E-state index in [1.807, 2.05) is 6.92 Å². The van der Waals surface area contributed by atoms with Crippen molar-refractivity contribution < 1.29 is 9.53 Å². The van der Waals surface area contributed by atoms with Gasteiger partial charge in [0.25, 0.3) is 0 Å². The number of nitrogens with two attached hydrogens (primary N) is 1. The van der Waals surface area contributed by atoms with Crippen molar-refractivity contribution in [1.29, 1.82) is 0 Å². The molecule has 1 unspecified atom stereocenters. The second-order valence-corrected chi connectivity index (χ2v) is 5.36. The van der Waals surface area contributed by atoms with Gasteiger partial charge in [0.15, 0.2) is 0 Å². The van der Waals surface area contributed by atoms with Gasteiger partial charge in [-0.3, -0.25) is 4.79 Å². The number of amides is 1. The fourth-order valence-corrected chi connectivity index (χ4v) is 1.92. The van der Waals surface area contributed by atoms with Crippen molar-refractivity contribution in [3.05, 3.63) is 11.4 Å². The molecule has 7 nitrogen and oxygen atoms in total. The molecule has 0 saturated heterocycles. The summed E-state index contributed by atoms with van der Waals surface area (Å²) in [5.41, 5.74) is 6.70. The van der Waals surface area contributed by atoms with E-state index in [1.54, 1.807) is 14.0 Å². The zero-order chi connectivity index (χ0) is 15.4. The first-order valence-electron chi connectivity index (χ1n) is 7.20. The molecular formula is C14H23N5O2. The van der Waals surface area contributed by atoms with Gasteiger partial charge < -0.3 is 21.1 Å². The highest BCUT2D eigenvalue weighted by Gasteiger charge is 2.28. The van der Waals surface area contributed by atoms with Crippen LogP contribution < -0.4 is 16.4 Å². The summed E-state index contributed by atoms with van der Waals surface area (Å²) in [6.45, 7) is 4.61. The molecule has 1 amide bonds. The van der Waals surface area contributed by atoms with E-state index in [0.29, 0.717) is 30.7 Å². The van der Waals surface area contributed by atoms with Crippen molar-refractivity contribution in [2.45, 2.75) is 38.6 Å². The van der Waals surface area contributed by atoms with E-state index < -0.39 is 6.04 Å². The molecule has 0 aromatic carbocycles. The molecule has 1 aromatic heterocycles. The molecule has 0 aliphatic heterocycles. The van der Waals surface area contributed by atoms with E-state index >= 15 is 0 Å². The molecule has 1 heterocycles. The Morgan fingerprint density at radius 2 is 2.19 bits per heavy atom. The van der Waals surface area contributed by atoms with Gasteiger partial charge >= 0.3 is 0 Å². The van der Waals surface area contributed by atoms with E-state index in [2.05, 4.69) is 20.6 Å². The number of anilines is 2. The first kappa shape index (κ1) is 15.5. The second-order valence-electron chi connectivity index (χ2n) is 5.36. The van der Waals surface area contributed by atoms with E-state index in [0.717, 1.165) is 24.2 Å². The molecule has 21 heavy (non-hydrogen) atoms. The number of carbonyl (C=O) groups excluding carboxylic acids is 1. The quantitative estimate of drug-likeness (QED) is 0.643. The monoisotopic (exact) mass is 293 g/mol. The SMILES string of the molecule is COCCNC(=O)C(C)Nc1nc(C2CC2)nc(N)c1C. The molecule has 116 valence electrons. The van der Waals surface area contributed by atoms with Crippen LogP contribution >= 0.6 is 0 Å². The average molecular weight is 293 g/mol. The van der Waals surface area contributed by atoms with Gasteiger partial charge in [0.1, 0.15) is 23.5 Å². The molecule has 7 heteroatoms. The normalized spacial score (nSPS) is 15.6. The summed E-state index contributed by atoms with van der Waals surface area (Å²) in [7, 11) is 1.60. The Bertz CT molecular complexity index is 516. The smallest absolute Gasteiger partial charge is 0.242 e. The molecule has 1 aliphatic carbocycles. The third-order valence-corrected chi connectivity index (χ3v) is 3.50. The molecule has 2 rings (SSSR count). The van der Waals surface area contributed by atoms with E-state index in [9.17, 15) is 4.79 Å². The lowest BCUT2D eigenvalue weighted by Crippen LogP contribution is -2.39. The van der Waals surface area contributed by atoms with Crippen molar-refractivity contribution in [3.8, 4) is 0 Å². The fraction of sp³-hybridized carbons (Fsp3) is 0.643. The molecule has 1 saturated carbocycles. The Kier molecular flexibility index (Phi) is 4.95. The van der Waals surface area contributed by atoms with Crippen LogP contribution in [-0.4, -0.2) is 42.2 Å². The highest BCUT2D eigenvalue weighted by Crippen LogP contribution is 2.39. The van der Waals surface area contributed by atoms with E-state index in [-0.39, 0.29) is 5.91 Å². The van der Waals surface area contributed by atoms with Crippen LogP contribution in [0.3, 0.4) is 0 Å². The molecular weight excluding hydrogens is 270 g/mol. The summed E-state index contributed by atoms with van der Waals surface area (Å²) in [6, 6.07) is -0.401. The maximum Gasteiger partial charge on any atom is 0.242 e. The maximum atomic E-state index is 11.9. The Morgan fingerprint density at radius 3 is 2.81 bits per heavy atom. The van der Waals surface area contributed by atoms with Gasteiger partial charge in [-0.05, 0) is 26.7 Å². The van der Waals surface area contributed by atoms with E-state index in [4.69, 9.17) is 10.5 Å². The number of ether oxygens (including phenoxy) is 1. The van der Waals surface area contributed by atoms with Crippen LogP contribution in [0.2, 0.25) is 0 Å². The van der Waals surface area contributed by atoms with Crippen LogP contribution in [0.5, 0.6) is 0 Å². The molecule has 1 atom stereocenters. The van der Waals surface area contributed by atoms with Gasteiger partial charge in [0.05, 0.1) is 6.61 Å². The molecule has 4 N–H and O–H groups in total. The zero-order valence-corrected chi connectivity index (χ0v) is 12.8. The largest absolute Gasteiger partial charge is 0.383 e. The van der Waals surface area contributed by atoms with Crippen LogP contribution in [0.25, 0.3) is 0 Å². The van der Waals surface area contributed by atoms with Gasteiger partial charge in [-0.2, -0.15) is 0 Å². The van der Waals surface area contributed by atoms with Crippen molar-refractivity contribution in [1.82, 2.24) is 15.3 Å². The number of nitrogens with zero attached hydrogens (tertiary/aromatic N) is 2. The van der Waals surface area contributed by atoms with Crippen molar-refractivity contribution in [2.24, 2.45) is 0 Å². The number of methoxy groups -OCH3 is 1. The Hall–Kier alpha value is -1.89. The van der Waals surface area contributed by atoms with Crippen molar-refractivity contribution in [2.75, 3.05) is 31.3 Å². The summed E-state index contributed by atoms with van der Waals surface area (Å²) in [5.74, 6) is 2.20. The Balaban J connectivity index is 2.02. The minimum absolute atomic E-state index is 0.100.